The summed E-state index contributed by atoms with van der Waals surface area (Å²) in [6.07, 6.45) is -3.22. The van der Waals surface area contributed by atoms with Crippen LogP contribution in [0.3, 0.4) is 0 Å². The highest BCUT2D eigenvalue weighted by Gasteiger charge is 2.36. The Kier molecular flexibility index (Phi) is 4.07. The van der Waals surface area contributed by atoms with Gasteiger partial charge >= 0.3 is 6.18 Å². The fourth-order valence-corrected chi connectivity index (χ4v) is 4.74. The number of benzene rings is 2. The quantitative estimate of drug-likeness (QED) is 0.808. The molecule has 3 rings (SSSR count). The number of rotatable bonds is 2. The Bertz CT molecular complexity index is 862. The molecule has 0 spiro atoms. The minimum atomic E-state index is -4.59. The molecule has 7 heteroatoms. The smallest absolute Gasteiger partial charge is 0.263 e. The lowest BCUT2D eigenvalue weighted by atomic mass is 9.99. The highest BCUT2D eigenvalue weighted by Crippen LogP contribution is 2.36. The van der Waals surface area contributed by atoms with Crippen molar-refractivity contribution in [3.05, 3.63) is 59.7 Å². The molecule has 3 nitrogen and oxygen atoms in total. The zero-order valence-corrected chi connectivity index (χ0v) is 13.7. The van der Waals surface area contributed by atoms with Crippen molar-refractivity contribution in [1.29, 1.82) is 0 Å². The Morgan fingerprint density at radius 1 is 1.08 bits per heavy atom. The van der Waals surface area contributed by atoms with E-state index in [4.69, 9.17) is 0 Å². The molecule has 0 bridgehead atoms. The Hall–Kier alpha value is -2.02. The van der Waals surface area contributed by atoms with Crippen molar-refractivity contribution >= 4 is 15.7 Å². The first kappa shape index (κ1) is 16.8. The zero-order valence-electron chi connectivity index (χ0n) is 12.9. The van der Waals surface area contributed by atoms with Gasteiger partial charge in [0.25, 0.3) is 10.0 Å². The van der Waals surface area contributed by atoms with Crippen LogP contribution in [0, 0.1) is 0 Å². The molecule has 24 heavy (non-hydrogen) atoms. The van der Waals surface area contributed by atoms with E-state index in [9.17, 15) is 21.6 Å². The number of alkyl halides is 3. The number of hydrogen-bond acceptors (Lipinski definition) is 2. The second kappa shape index (κ2) is 5.81. The first-order chi connectivity index (χ1) is 11.2. The van der Waals surface area contributed by atoms with Gasteiger partial charge in [-0.05, 0) is 49.6 Å². The second-order valence-corrected chi connectivity index (χ2v) is 7.66. The molecule has 0 saturated heterocycles. The van der Waals surface area contributed by atoms with Gasteiger partial charge in [-0.3, -0.25) is 4.31 Å². The molecule has 2 aromatic rings. The van der Waals surface area contributed by atoms with Crippen LogP contribution in [0.15, 0.2) is 53.4 Å². The van der Waals surface area contributed by atoms with E-state index in [1.165, 1.54) is 10.4 Å². The molecular formula is C17H16F3NO2S. The van der Waals surface area contributed by atoms with Gasteiger partial charge < -0.3 is 0 Å². The van der Waals surface area contributed by atoms with Gasteiger partial charge in [0.15, 0.2) is 0 Å². The fourth-order valence-electron chi connectivity index (χ4n) is 2.97. The third kappa shape index (κ3) is 2.88. The van der Waals surface area contributed by atoms with Crippen LogP contribution in [-0.2, 0) is 22.6 Å². The van der Waals surface area contributed by atoms with Gasteiger partial charge in [-0.2, -0.15) is 13.2 Å². The van der Waals surface area contributed by atoms with Crippen LogP contribution in [0.2, 0.25) is 0 Å². The Balaban J connectivity index is 2.12. The van der Waals surface area contributed by atoms with E-state index >= 15 is 0 Å². The average molecular weight is 355 g/mol. The molecule has 2 aromatic carbocycles. The van der Waals surface area contributed by atoms with Gasteiger partial charge in [0, 0.05) is 6.04 Å². The first-order valence-corrected chi connectivity index (χ1v) is 8.95. The van der Waals surface area contributed by atoms with Crippen molar-refractivity contribution in [2.45, 2.75) is 36.9 Å². The molecule has 0 radical (unpaired) electrons. The maximum Gasteiger partial charge on any atom is 0.416 e. The Morgan fingerprint density at radius 2 is 1.79 bits per heavy atom. The normalized spacial score (nSPS) is 18.3. The molecule has 0 aliphatic carbocycles. The van der Waals surface area contributed by atoms with Crippen molar-refractivity contribution < 1.29 is 21.6 Å². The highest BCUT2D eigenvalue weighted by atomic mass is 32.2. The van der Waals surface area contributed by atoms with E-state index < -0.39 is 21.8 Å². The molecule has 1 heterocycles. The van der Waals surface area contributed by atoms with Crippen molar-refractivity contribution in [2.24, 2.45) is 0 Å². The highest BCUT2D eigenvalue weighted by molar-refractivity contribution is 7.92. The Morgan fingerprint density at radius 3 is 2.50 bits per heavy atom. The largest absolute Gasteiger partial charge is 0.416 e. The van der Waals surface area contributed by atoms with Crippen molar-refractivity contribution in [1.82, 2.24) is 0 Å². The lowest BCUT2D eigenvalue weighted by Crippen LogP contribution is -2.42. The van der Waals surface area contributed by atoms with Crippen LogP contribution in [0.4, 0.5) is 18.9 Å². The van der Waals surface area contributed by atoms with Gasteiger partial charge in [0.1, 0.15) is 0 Å². The monoisotopic (exact) mass is 355 g/mol. The second-order valence-electron chi connectivity index (χ2n) is 5.84. The van der Waals surface area contributed by atoms with Crippen LogP contribution >= 0.6 is 0 Å². The van der Waals surface area contributed by atoms with Crippen LogP contribution in [-0.4, -0.2) is 14.5 Å². The first-order valence-electron chi connectivity index (χ1n) is 7.51. The summed E-state index contributed by atoms with van der Waals surface area (Å²) in [4.78, 5) is -0.346. The number of fused-ring (bicyclic) bond motifs is 1. The molecule has 0 saturated carbocycles. The summed E-state index contributed by atoms with van der Waals surface area (Å²) in [5.41, 5.74) is 0.446. The van der Waals surface area contributed by atoms with Gasteiger partial charge in [-0.15, -0.1) is 0 Å². The topological polar surface area (TPSA) is 37.4 Å². The van der Waals surface area contributed by atoms with E-state index in [0.29, 0.717) is 18.2 Å². The van der Waals surface area contributed by atoms with Crippen molar-refractivity contribution in [3.63, 3.8) is 0 Å². The lowest BCUT2D eigenvalue weighted by molar-refractivity contribution is -0.137. The molecule has 1 atom stereocenters. The molecule has 1 aliphatic heterocycles. The third-order valence-corrected chi connectivity index (χ3v) is 6.10. The predicted molar refractivity (Wildman–Crippen MR) is 85.3 cm³/mol. The minimum absolute atomic E-state index is 0.320. The minimum Gasteiger partial charge on any atom is -0.263 e. The molecule has 0 fully saturated rings. The molecule has 0 N–H and O–H groups in total. The average Bonchev–Trinajstić information content (AvgIpc) is 2.53. The van der Waals surface area contributed by atoms with Gasteiger partial charge in [-0.25, -0.2) is 8.42 Å². The maximum absolute atomic E-state index is 13.0. The summed E-state index contributed by atoms with van der Waals surface area (Å²) in [6.45, 7) is 1.76. The summed E-state index contributed by atoms with van der Waals surface area (Å²) in [7, 11) is -4.07. The molecule has 0 amide bonds. The van der Waals surface area contributed by atoms with Gasteiger partial charge in [0.05, 0.1) is 16.1 Å². The third-order valence-electron chi connectivity index (χ3n) is 4.18. The molecule has 128 valence electrons. The number of nitrogens with zero attached hydrogens (tertiary/aromatic N) is 1. The van der Waals surface area contributed by atoms with Crippen LogP contribution < -0.4 is 4.31 Å². The summed E-state index contributed by atoms with van der Waals surface area (Å²) in [6, 6.07) is 10.7. The summed E-state index contributed by atoms with van der Waals surface area (Å²) < 4.78 is 66.0. The summed E-state index contributed by atoms with van der Waals surface area (Å²) in [5.74, 6) is 0. The van der Waals surface area contributed by atoms with E-state index in [1.807, 2.05) is 12.1 Å². The summed E-state index contributed by atoms with van der Waals surface area (Å²) in [5, 5.41) is 0. The molecule has 0 unspecified atom stereocenters. The predicted octanol–water partition coefficient (Wildman–Crippen LogP) is 4.24. The maximum atomic E-state index is 13.0. The van der Waals surface area contributed by atoms with Gasteiger partial charge in [0.2, 0.25) is 0 Å². The van der Waals surface area contributed by atoms with E-state index in [-0.39, 0.29) is 10.9 Å². The van der Waals surface area contributed by atoms with Crippen LogP contribution in [0.5, 0.6) is 0 Å². The number of para-hydroxylation sites is 1. The van der Waals surface area contributed by atoms with Gasteiger partial charge in [-0.1, -0.05) is 24.3 Å². The molecular weight excluding hydrogens is 339 g/mol. The Labute approximate surface area is 138 Å². The number of anilines is 1. The number of sulfonamides is 1. The van der Waals surface area contributed by atoms with E-state index in [2.05, 4.69) is 0 Å². The lowest BCUT2D eigenvalue weighted by Gasteiger charge is -2.36. The number of aryl methyl sites for hydroxylation is 1. The number of hydrogen-bond donors (Lipinski definition) is 0. The standard InChI is InChI=1S/C17H16F3NO2S/c1-12-9-10-13-5-2-3-8-16(13)21(12)24(22,23)15-7-4-6-14(11-15)17(18,19)20/h2-8,11-12H,9-10H2,1H3/t12-/m1/s1. The number of halogens is 3. The SMILES string of the molecule is C[C@@H]1CCc2ccccc2N1S(=O)(=O)c1cccc(C(F)(F)F)c1. The van der Waals surface area contributed by atoms with Crippen LogP contribution in [0.25, 0.3) is 0 Å². The summed E-state index contributed by atoms with van der Waals surface area (Å²) >= 11 is 0. The van der Waals surface area contributed by atoms with Crippen molar-refractivity contribution in [2.75, 3.05) is 4.31 Å². The molecule has 0 aromatic heterocycles. The van der Waals surface area contributed by atoms with E-state index in [1.54, 1.807) is 19.1 Å². The molecule has 1 aliphatic rings. The zero-order chi connectivity index (χ0) is 17.5. The van der Waals surface area contributed by atoms with Crippen LogP contribution in [0.1, 0.15) is 24.5 Å². The van der Waals surface area contributed by atoms with Crippen molar-refractivity contribution in [3.8, 4) is 0 Å². The van der Waals surface area contributed by atoms with E-state index in [0.717, 1.165) is 24.1 Å². The fraction of sp³-hybridized carbons (Fsp3) is 0.294.